The predicted octanol–water partition coefficient (Wildman–Crippen LogP) is 2.32. The minimum atomic E-state index is 0.260. The Morgan fingerprint density at radius 3 is 2.36 bits per heavy atom. The van der Waals surface area contributed by atoms with Crippen LogP contribution in [0.25, 0.3) is 0 Å². The molecule has 0 aromatic carbocycles. The summed E-state index contributed by atoms with van der Waals surface area (Å²) in [4.78, 5) is 0. The molecule has 0 spiro atoms. The van der Waals surface area contributed by atoms with E-state index in [1.807, 2.05) is 6.07 Å². The minimum absolute atomic E-state index is 0.260. The molecule has 0 fully saturated rings. The van der Waals surface area contributed by atoms with E-state index < -0.39 is 0 Å². The van der Waals surface area contributed by atoms with E-state index in [2.05, 4.69) is 5.32 Å². The lowest BCUT2D eigenvalue weighted by atomic mass is 10.3. The summed E-state index contributed by atoms with van der Waals surface area (Å²) < 4.78 is 0. The molecule has 0 atom stereocenters. The average molecular weight is 191 g/mol. The van der Waals surface area contributed by atoms with E-state index in [0.717, 1.165) is 0 Å². The van der Waals surface area contributed by atoms with Crippen molar-refractivity contribution in [1.82, 2.24) is 5.32 Å². The SMILES string of the molecule is C/C=C(Cl)\C(C#N)=C(\Cl)NC. The van der Waals surface area contributed by atoms with Crippen LogP contribution in [0.15, 0.2) is 21.8 Å². The highest BCUT2D eigenvalue weighted by Gasteiger charge is 2.04. The van der Waals surface area contributed by atoms with Gasteiger partial charge in [0, 0.05) is 7.05 Å². The standard InChI is InChI=1S/C7H8Cl2N2/c1-3-6(8)5(4-10)7(9)11-2/h3,11H,1-2H3/b6-3+,7-5-. The summed E-state index contributed by atoms with van der Waals surface area (Å²) in [6.45, 7) is 1.74. The Morgan fingerprint density at radius 1 is 1.55 bits per heavy atom. The summed E-state index contributed by atoms with van der Waals surface area (Å²) in [5.74, 6) is 0. The molecule has 0 rings (SSSR count). The normalized spacial score (nSPS) is 13.5. The molecule has 2 nitrogen and oxygen atoms in total. The predicted molar refractivity (Wildman–Crippen MR) is 47.2 cm³/mol. The van der Waals surface area contributed by atoms with Crippen molar-refractivity contribution in [2.24, 2.45) is 0 Å². The third-order valence-corrected chi connectivity index (χ3v) is 1.83. The molecule has 0 heterocycles. The van der Waals surface area contributed by atoms with Crippen molar-refractivity contribution in [3.05, 3.63) is 21.8 Å². The van der Waals surface area contributed by atoms with Crippen LogP contribution >= 0.6 is 23.2 Å². The molecule has 0 saturated carbocycles. The zero-order chi connectivity index (χ0) is 8.85. The number of allylic oxidation sites excluding steroid dienone is 3. The molecule has 0 aromatic heterocycles. The first kappa shape index (κ1) is 10.3. The van der Waals surface area contributed by atoms with Crippen molar-refractivity contribution in [1.29, 1.82) is 5.26 Å². The fraction of sp³-hybridized carbons (Fsp3) is 0.286. The van der Waals surface area contributed by atoms with Crippen LogP contribution in [0.1, 0.15) is 6.92 Å². The van der Waals surface area contributed by atoms with E-state index in [0.29, 0.717) is 5.03 Å². The summed E-state index contributed by atoms with van der Waals surface area (Å²) in [5, 5.41) is 11.8. The number of hydrogen-bond acceptors (Lipinski definition) is 2. The second-order valence-electron chi connectivity index (χ2n) is 1.69. The van der Waals surface area contributed by atoms with Gasteiger partial charge < -0.3 is 5.32 Å². The largest absolute Gasteiger partial charge is 0.378 e. The monoisotopic (exact) mass is 190 g/mol. The first-order chi connectivity index (χ1) is 5.17. The summed E-state index contributed by atoms with van der Waals surface area (Å²) in [7, 11) is 1.62. The second kappa shape index (κ2) is 5.06. The molecule has 0 saturated heterocycles. The Labute approximate surface area is 76.1 Å². The lowest BCUT2D eigenvalue weighted by molar-refractivity contribution is 1.06. The highest BCUT2D eigenvalue weighted by atomic mass is 35.5. The summed E-state index contributed by atoms with van der Waals surface area (Å²) in [6.07, 6.45) is 1.61. The lowest BCUT2D eigenvalue weighted by Crippen LogP contribution is -2.02. The van der Waals surface area contributed by atoms with Crippen LogP contribution in [0.4, 0.5) is 0 Å². The van der Waals surface area contributed by atoms with Gasteiger partial charge in [0.25, 0.3) is 0 Å². The zero-order valence-electron chi connectivity index (χ0n) is 6.28. The quantitative estimate of drug-likeness (QED) is 0.413. The van der Waals surface area contributed by atoms with Crippen LogP contribution in [0.5, 0.6) is 0 Å². The van der Waals surface area contributed by atoms with E-state index in [1.54, 1.807) is 20.0 Å². The van der Waals surface area contributed by atoms with Crippen LogP contribution in [0.3, 0.4) is 0 Å². The van der Waals surface area contributed by atoms with Crippen LogP contribution in [-0.2, 0) is 0 Å². The number of nitrogens with one attached hydrogen (secondary N) is 1. The van der Waals surface area contributed by atoms with Gasteiger partial charge in [0.1, 0.15) is 16.8 Å². The Hall–Kier alpha value is -0.650. The highest BCUT2D eigenvalue weighted by molar-refractivity contribution is 6.36. The van der Waals surface area contributed by atoms with Gasteiger partial charge in [-0.3, -0.25) is 0 Å². The van der Waals surface area contributed by atoms with E-state index in [9.17, 15) is 0 Å². The van der Waals surface area contributed by atoms with Gasteiger partial charge in [-0.25, -0.2) is 0 Å². The van der Waals surface area contributed by atoms with Crippen molar-refractivity contribution < 1.29 is 0 Å². The number of nitriles is 1. The Morgan fingerprint density at radius 2 is 2.09 bits per heavy atom. The van der Waals surface area contributed by atoms with Gasteiger partial charge in [-0.05, 0) is 6.92 Å². The van der Waals surface area contributed by atoms with Crippen LogP contribution in [-0.4, -0.2) is 7.05 Å². The van der Waals surface area contributed by atoms with E-state index in [-0.39, 0.29) is 10.7 Å². The molecule has 11 heavy (non-hydrogen) atoms. The van der Waals surface area contributed by atoms with Crippen molar-refractivity contribution >= 4 is 23.2 Å². The van der Waals surface area contributed by atoms with Crippen molar-refractivity contribution in [2.45, 2.75) is 6.92 Å². The van der Waals surface area contributed by atoms with Crippen molar-refractivity contribution in [3.8, 4) is 6.07 Å². The fourth-order valence-corrected chi connectivity index (χ4v) is 0.806. The minimum Gasteiger partial charge on any atom is -0.378 e. The number of nitrogens with zero attached hydrogens (tertiary/aromatic N) is 1. The Bertz CT molecular complexity index is 235. The molecule has 0 unspecified atom stereocenters. The van der Waals surface area contributed by atoms with Gasteiger partial charge in [0.05, 0.1) is 5.03 Å². The molecule has 4 heteroatoms. The second-order valence-corrected chi connectivity index (χ2v) is 2.47. The molecule has 0 aromatic rings. The molecule has 60 valence electrons. The maximum absolute atomic E-state index is 8.57. The molecule has 0 aliphatic rings. The Balaban J connectivity index is 4.85. The molecule has 0 radical (unpaired) electrons. The maximum atomic E-state index is 8.57. The first-order valence-corrected chi connectivity index (χ1v) is 3.72. The van der Waals surface area contributed by atoms with E-state index >= 15 is 0 Å². The number of hydrogen-bond donors (Lipinski definition) is 1. The molecular weight excluding hydrogens is 183 g/mol. The first-order valence-electron chi connectivity index (χ1n) is 2.97. The number of halogens is 2. The molecule has 0 bridgehead atoms. The smallest absolute Gasteiger partial charge is 0.121 e. The number of rotatable bonds is 2. The molecule has 0 amide bonds. The average Bonchev–Trinajstić information content (AvgIpc) is 2.05. The van der Waals surface area contributed by atoms with Gasteiger partial charge in [-0.2, -0.15) is 5.26 Å². The van der Waals surface area contributed by atoms with E-state index in [4.69, 9.17) is 28.5 Å². The topological polar surface area (TPSA) is 35.8 Å². The summed E-state index contributed by atoms with van der Waals surface area (Å²) in [5.41, 5.74) is 0.262. The van der Waals surface area contributed by atoms with Crippen LogP contribution in [0.2, 0.25) is 0 Å². The highest BCUT2D eigenvalue weighted by Crippen LogP contribution is 2.18. The zero-order valence-corrected chi connectivity index (χ0v) is 7.79. The van der Waals surface area contributed by atoms with Gasteiger partial charge in [0.15, 0.2) is 0 Å². The summed E-state index contributed by atoms with van der Waals surface area (Å²) in [6, 6.07) is 1.89. The lowest BCUT2D eigenvalue weighted by Gasteiger charge is -1.99. The summed E-state index contributed by atoms with van der Waals surface area (Å²) >= 11 is 11.3. The third-order valence-electron chi connectivity index (χ3n) is 1.04. The van der Waals surface area contributed by atoms with Crippen LogP contribution in [0, 0.1) is 11.3 Å². The third kappa shape index (κ3) is 2.83. The fourth-order valence-electron chi connectivity index (χ4n) is 0.477. The van der Waals surface area contributed by atoms with Gasteiger partial charge >= 0.3 is 0 Å². The molecule has 1 N–H and O–H groups in total. The van der Waals surface area contributed by atoms with Gasteiger partial charge in [0.2, 0.25) is 0 Å². The maximum Gasteiger partial charge on any atom is 0.121 e. The van der Waals surface area contributed by atoms with Crippen LogP contribution < -0.4 is 5.32 Å². The van der Waals surface area contributed by atoms with E-state index in [1.165, 1.54) is 0 Å². The van der Waals surface area contributed by atoms with Crippen molar-refractivity contribution in [3.63, 3.8) is 0 Å². The van der Waals surface area contributed by atoms with Gasteiger partial charge in [-0.1, -0.05) is 29.3 Å². The van der Waals surface area contributed by atoms with Gasteiger partial charge in [-0.15, -0.1) is 0 Å². The Kier molecular flexibility index (Phi) is 4.76. The molecular formula is C7H8Cl2N2. The van der Waals surface area contributed by atoms with Crippen molar-refractivity contribution in [2.75, 3.05) is 7.05 Å². The molecule has 0 aliphatic heterocycles. The molecule has 0 aliphatic carbocycles.